The number of rotatable bonds is 4. The van der Waals surface area contributed by atoms with E-state index in [0.717, 1.165) is 12.1 Å². The van der Waals surface area contributed by atoms with Gasteiger partial charge in [-0.3, -0.25) is 10.1 Å². The van der Waals surface area contributed by atoms with Crippen molar-refractivity contribution < 1.29 is 17.7 Å². The van der Waals surface area contributed by atoms with Gasteiger partial charge in [-0.15, -0.1) is 0 Å². The number of nitro benzene ring substituents is 1. The summed E-state index contributed by atoms with van der Waals surface area (Å²) in [7, 11) is -3.85. The monoisotopic (exact) mass is 317 g/mol. The summed E-state index contributed by atoms with van der Waals surface area (Å²) in [4.78, 5) is 9.37. The molecule has 21 heavy (non-hydrogen) atoms. The van der Waals surface area contributed by atoms with E-state index in [0.29, 0.717) is 19.0 Å². The molecule has 2 rings (SSSR count). The molecule has 7 nitrogen and oxygen atoms in total. The summed E-state index contributed by atoms with van der Waals surface area (Å²) < 4.78 is 39.6. The number of sulfonamides is 1. The maximum Gasteiger partial charge on any atom is 0.304 e. The van der Waals surface area contributed by atoms with Crippen LogP contribution in [0.5, 0.6) is 0 Å². The van der Waals surface area contributed by atoms with E-state index >= 15 is 0 Å². The first-order valence-corrected chi connectivity index (χ1v) is 7.87. The second-order valence-corrected chi connectivity index (χ2v) is 7.08. The molecule has 0 spiro atoms. The molecule has 9 heteroatoms. The Bertz CT molecular complexity index is 662. The molecule has 1 aliphatic heterocycles. The number of hydrogen-bond donors (Lipinski definition) is 1. The van der Waals surface area contributed by atoms with E-state index in [9.17, 15) is 22.9 Å². The van der Waals surface area contributed by atoms with Crippen molar-refractivity contribution in [2.75, 3.05) is 13.1 Å². The van der Waals surface area contributed by atoms with Crippen molar-refractivity contribution in [3.63, 3.8) is 0 Å². The predicted molar refractivity (Wildman–Crippen MR) is 73.6 cm³/mol. The van der Waals surface area contributed by atoms with Gasteiger partial charge in [-0.1, -0.05) is 0 Å². The van der Waals surface area contributed by atoms with E-state index in [4.69, 9.17) is 5.73 Å². The molecule has 1 fully saturated rings. The van der Waals surface area contributed by atoms with E-state index in [1.807, 2.05) is 6.92 Å². The number of benzene rings is 1. The van der Waals surface area contributed by atoms with Gasteiger partial charge in [0.2, 0.25) is 15.8 Å². The fourth-order valence-corrected chi connectivity index (χ4v) is 3.87. The van der Waals surface area contributed by atoms with Crippen molar-refractivity contribution in [2.24, 2.45) is 11.7 Å². The van der Waals surface area contributed by atoms with Crippen molar-refractivity contribution in [1.29, 1.82) is 0 Å². The van der Waals surface area contributed by atoms with Crippen molar-refractivity contribution in [1.82, 2.24) is 4.31 Å². The summed E-state index contributed by atoms with van der Waals surface area (Å²) in [6.07, 6.45) is 0.645. The van der Waals surface area contributed by atoms with Gasteiger partial charge in [0.1, 0.15) is 0 Å². The third-order valence-corrected chi connectivity index (χ3v) is 5.55. The summed E-state index contributed by atoms with van der Waals surface area (Å²) in [5.74, 6) is -1.10. The summed E-state index contributed by atoms with van der Waals surface area (Å²) in [6, 6.07) is 2.47. The van der Waals surface area contributed by atoms with Crippen LogP contribution in [0, 0.1) is 21.8 Å². The van der Waals surface area contributed by atoms with Gasteiger partial charge in [0.05, 0.1) is 9.82 Å². The molecule has 0 amide bonds. The highest BCUT2D eigenvalue weighted by Gasteiger charge is 2.34. The molecule has 1 aromatic carbocycles. The van der Waals surface area contributed by atoms with Crippen LogP contribution in [0.1, 0.15) is 13.3 Å². The largest absolute Gasteiger partial charge is 0.328 e. The fraction of sp³-hybridized carbons (Fsp3) is 0.500. The first kappa shape index (κ1) is 15.8. The van der Waals surface area contributed by atoms with Crippen LogP contribution >= 0.6 is 0 Å². The Kier molecular flexibility index (Phi) is 4.26. The first-order chi connectivity index (χ1) is 9.73. The standard InChI is InChI=1S/C12H16FN3O4S/c1-8(14)9-4-5-15(7-9)21(19,20)10-2-3-12(16(17)18)11(13)6-10/h2-3,6,8-9H,4-5,7,14H2,1H3. The number of nitrogens with two attached hydrogens (primary N) is 1. The minimum atomic E-state index is -3.85. The number of nitro groups is 1. The Labute approximate surface area is 121 Å². The molecule has 0 radical (unpaired) electrons. The minimum Gasteiger partial charge on any atom is -0.328 e. The van der Waals surface area contributed by atoms with Crippen LogP contribution in [0.4, 0.5) is 10.1 Å². The van der Waals surface area contributed by atoms with E-state index < -0.39 is 26.5 Å². The molecule has 1 heterocycles. The Morgan fingerprint density at radius 1 is 1.52 bits per heavy atom. The maximum absolute atomic E-state index is 13.6. The molecule has 1 aliphatic rings. The van der Waals surface area contributed by atoms with Crippen LogP contribution in [0.25, 0.3) is 0 Å². The zero-order valence-electron chi connectivity index (χ0n) is 11.4. The molecule has 2 N–H and O–H groups in total. The van der Waals surface area contributed by atoms with Gasteiger partial charge in [-0.25, -0.2) is 8.42 Å². The molecule has 2 atom stereocenters. The lowest BCUT2D eigenvalue weighted by Crippen LogP contribution is -2.33. The molecular weight excluding hydrogens is 301 g/mol. The minimum absolute atomic E-state index is 0.0580. The molecule has 1 aromatic rings. The SMILES string of the molecule is CC(N)C1CCN(S(=O)(=O)c2ccc([N+](=O)[O-])c(F)c2)C1. The summed E-state index contributed by atoms with van der Waals surface area (Å²) in [6.45, 7) is 2.40. The molecule has 0 aromatic heterocycles. The molecule has 0 aliphatic carbocycles. The Hall–Kier alpha value is -1.58. The highest BCUT2D eigenvalue weighted by molar-refractivity contribution is 7.89. The Balaban J connectivity index is 2.29. The lowest BCUT2D eigenvalue weighted by molar-refractivity contribution is -0.387. The molecule has 0 bridgehead atoms. The average molecular weight is 317 g/mol. The van der Waals surface area contributed by atoms with E-state index in [1.54, 1.807) is 0 Å². The van der Waals surface area contributed by atoms with Crippen molar-refractivity contribution >= 4 is 15.7 Å². The zero-order chi connectivity index (χ0) is 15.8. The van der Waals surface area contributed by atoms with E-state index in [-0.39, 0.29) is 23.4 Å². The molecule has 1 saturated heterocycles. The van der Waals surface area contributed by atoms with Crippen LogP contribution in [0.2, 0.25) is 0 Å². The first-order valence-electron chi connectivity index (χ1n) is 6.43. The van der Waals surface area contributed by atoms with Crippen LogP contribution in [-0.4, -0.2) is 36.8 Å². The van der Waals surface area contributed by atoms with E-state index in [1.165, 1.54) is 4.31 Å². The lowest BCUT2D eigenvalue weighted by Gasteiger charge is -2.18. The predicted octanol–water partition coefficient (Wildman–Crippen LogP) is 1.09. The molecular formula is C12H16FN3O4S. The van der Waals surface area contributed by atoms with Gasteiger partial charge in [-0.2, -0.15) is 8.70 Å². The maximum atomic E-state index is 13.6. The van der Waals surface area contributed by atoms with E-state index in [2.05, 4.69) is 0 Å². The summed E-state index contributed by atoms with van der Waals surface area (Å²) in [5.41, 5.74) is 5.02. The van der Waals surface area contributed by atoms with Gasteiger partial charge in [-0.05, 0) is 25.3 Å². The van der Waals surface area contributed by atoms with Crippen LogP contribution in [0.3, 0.4) is 0 Å². The summed E-state index contributed by atoms with van der Waals surface area (Å²) >= 11 is 0. The van der Waals surface area contributed by atoms with Crippen molar-refractivity contribution in [3.05, 3.63) is 34.1 Å². The number of hydrogen-bond acceptors (Lipinski definition) is 5. The normalized spacial score (nSPS) is 21.4. The topological polar surface area (TPSA) is 107 Å². The average Bonchev–Trinajstić information content (AvgIpc) is 2.88. The second kappa shape index (κ2) is 5.66. The van der Waals surface area contributed by atoms with Gasteiger partial charge in [0.15, 0.2) is 0 Å². The second-order valence-electron chi connectivity index (χ2n) is 5.14. The van der Waals surface area contributed by atoms with Crippen LogP contribution in [-0.2, 0) is 10.0 Å². The van der Waals surface area contributed by atoms with Gasteiger partial charge in [0.25, 0.3) is 0 Å². The van der Waals surface area contributed by atoms with Crippen molar-refractivity contribution in [2.45, 2.75) is 24.3 Å². The van der Waals surface area contributed by atoms with Crippen LogP contribution in [0.15, 0.2) is 23.1 Å². The number of nitrogens with zero attached hydrogens (tertiary/aromatic N) is 2. The third kappa shape index (κ3) is 3.04. The molecule has 2 unspecified atom stereocenters. The van der Waals surface area contributed by atoms with Gasteiger partial charge in [0, 0.05) is 31.3 Å². The van der Waals surface area contributed by atoms with Gasteiger partial charge >= 0.3 is 5.69 Å². The Morgan fingerprint density at radius 2 is 2.19 bits per heavy atom. The lowest BCUT2D eigenvalue weighted by atomic mass is 10.0. The molecule has 0 saturated carbocycles. The molecule has 116 valence electrons. The highest BCUT2D eigenvalue weighted by atomic mass is 32.2. The quantitative estimate of drug-likeness (QED) is 0.661. The zero-order valence-corrected chi connectivity index (χ0v) is 12.2. The van der Waals surface area contributed by atoms with Crippen LogP contribution < -0.4 is 5.73 Å². The highest BCUT2D eigenvalue weighted by Crippen LogP contribution is 2.28. The smallest absolute Gasteiger partial charge is 0.304 e. The van der Waals surface area contributed by atoms with Gasteiger partial charge < -0.3 is 5.73 Å². The summed E-state index contributed by atoms with van der Waals surface area (Å²) in [5, 5.41) is 10.5. The third-order valence-electron chi connectivity index (χ3n) is 3.68. The van der Waals surface area contributed by atoms with Crippen molar-refractivity contribution in [3.8, 4) is 0 Å². The number of halogens is 1. The fourth-order valence-electron chi connectivity index (χ4n) is 2.35. The Morgan fingerprint density at radius 3 is 2.67 bits per heavy atom.